The van der Waals surface area contributed by atoms with Gasteiger partial charge < -0.3 is 4.74 Å². The van der Waals surface area contributed by atoms with Crippen LogP contribution in [0.5, 0.6) is 5.75 Å². The maximum absolute atomic E-state index is 10.8. The normalized spacial score (nSPS) is 14.6. The molecule has 1 aliphatic heterocycles. The number of benzene rings is 1. The van der Waals surface area contributed by atoms with Gasteiger partial charge in [-0.15, -0.1) is 0 Å². The molecule has 0 aromatic heterocycles. The fourth-order valence-corrected chi connectivity index (χ4v) is 1.17. The molecule has 0 aliphatic carbocycles. The predicted octanol–water partition coefficient (Wildman–Crippen LogP) is 1.49. The van der Waals surface area contributed by atoms with Crippen molar-refractivity contribution < 1.29 is 9.53 Å². The molecule has 1 amide bonds. The molecule has 3 nitrogen and oxygen atoms in total. The number of carbonyl (C=O) groups excluding carboxylic acids is 1. The third-order valence-corrected chi connectivity index (χ3v) is 1.75. The third kappa shape index (κ3) is 1.23. The molecule has 12 heavy (non-hydrogen) atoms. The number of ether oxygens (including phenoxy) is 1. The topological polar surface area (TPSA) is 40.4 Å². The Bertz CT molecular complexity index is 338. The Morgan fingerprint density at radius 1 is 1.50 bits per heavy atom. The molecular weight excluding hydrogens is 178 g/mol. The van der Waals surface area contributed by atoms with E-state index in [0.717, 1.165) is 0 Å². The lowest BCUT2D eigenvalue weighted by Crippen LogP contribution is -2.24. The minimum absolute atomic E-state index is 0.0225. The smallest absolute Gasteiger partial charge is 0.284 e. The van der Waals surface area contributed by atoms with E-state index in [0.29, 0.717) is 16.5 Å². The molecule has 1 radical (unpaired) electrons. The molecular formula is C8H5ClNO2. The van der Waals surface area contributed by atoms with Gasteiger partial charge in [0.15, 0.2) is 6.61 Å². The number of nitrogens with zero attached hydrogens (tertiary/aromatic N) is 1. The van der Waals surface area contributed by atoms with Gasteiger partial charge in [0.25, 0.3) is 5.91 Å². The summed E-state index contributed by atoms with van der Waals surface area (Å²) in [5.41, 5.74) is 0.513. The Labute approximate surface area is 74.3 Å². The molecule has 0 atom stereocenters. The van der Waals surface area contributed by atoms with Crippen molar-refractivity contribution in [2.75, 3.05) is 6.61 Å². The average Bonchev–Trinajstić information content (AvgIpc) is 2.03. The molecule has 4 heteroatoms. The van der Waals surface area contributed by atoms with Crippen molar-refractivity contribution in [2.45, 2.75) is 0 Å². The van der Waals surface area contributed by atoms with Crippen molar-refractivity contribution in [1.29, 1.82) is 0 Å². The van der Waals surface area contributed by atoms with Crippen LogP contribution in [0.4, 0.5) is 5.69 Å². The van der Waals surface area contributed by atoms with Gasteiger partial charge in [-0.05, 0) is 18.2 Å². The Balaban J connectivity index is 2.44. The molecule has 0 bridgehead atoms. The molecule has 0 unspecified atom stereocenters. The van der Waals surface area contributed by atoms with E-state index in [1.807, 2.05) is 0 Å². The number of amides is 1. The van der Waals surface area contributed by atoms with Crippen LogP contribution in [0.1, 0.15) is 0 Å². The first-order valence-corrected chi connectivity index (χ1v) is 3.80. The van der Waals surface area contributed by atoms with E-state index in [1.54, 1.807) is 18.2 Å². The number of fused-ring (bicyclic) bond motifs is 1. The highest BCUT2D eigenvalue weighted by atomic mass is 35.5. The fraction of sp³-hybridized carbons (Fsp3) is 0.125. The van der Waals surface area contributed by atoms with Gasteiger partial charge in [-0.25, -0.2) is 5.32 Å². The van der Waals surface area contributed by atoms with Gasteiger partial charge in [0.2, 0.25) is 0 Å². The zero-order valence-electron chi connectivity index (χ0n) is 6.08. The summed E-state index contributed by atoms with van der Waals surface area (Å²) in [5, 5.41) is 4.31. The lowest BCUT2D eigenvalue weighted by atomic mass is 10.2. The standard InChI is InChI=1S/C8H5ClNO2/c9-5-1-2-7-6(3-5)10-8(11)4-12-7/h1-3H,4H2. The molecule has 0 N–H and O–H groups in total. The molecule has 61 valence electrons. The quantitative estimate of drug-likeness (QED) is 0.610. The molecule has 1 aromatic rings. The Hall–Kier alpha value is -1.22. The van der Waals surface area contributed by atoms with Crippen LogP contribution in [0.15, 0.2) is 18.2 Å². The first kappa shape index (κ1) is 7.43. The largest absolute Gasteiger partial charge is 0.481 e. The molecule has 0 spiro atoms. The first-order valence-electron chi connectivity index (χ1n) is 3.42. The van der Waals surface area contributed by atoms with Crippen LogP contribution in [0.2, 0.25) is 5.02 Å². The number of hydrogen-bond acceptors (Lipinski definition) is 2. The van der Waals surface area contributed by atoms with Gasteiger partial charge in [0.1, 0.15) is 11.4 Å². The number of hydrogen-bond donors (Lipinski definition) is 0. The Kier molecular flexibility index (Phi) is 1.66. The van der Waals surface area contributed by atoms with Crippen molar-refractivity contribution >= 4 is 23.2 Å². The lowest BCUT2D eigenvalue weighted by molar-refractivity contribution is -0.123. The summed E-state index contributed by atoms with van der Waals surface area (Å²) >= 11 is 5.70. The van der Waals surface area contributed by atoms with Crippen LogP contribution in [0.3, 0.4) is 0 Å². The van der Waals surface area contributed by atoms with E-state index in [-0.39, 0.29) is 12.5 Å². The molecule has 0 fully saturated rings. The maximum atomic E-state index is 10.8. The second-order valence-electron chi connectivity index (χ2n) is 2.41. The second-order valence-corrected chi connectivity index (χ2v) is 2.84. The second kappa shape index (κ2) is 2.68. The Morgan fingerprint density at radius 2 is 2.33 bits per heavy atom. The van der Waals surface area contributed by atoms with Crippen LogP contribution in [0.25, 0.3) is 0 Å². The van der Waals surface area contributed by atoms with Crippen LogP contribution in [0, 0.1) is 0 Å². The van der Waals surface area contributed by atoms with Gasteiger partial charge in [-0.2, -0.15) is 0 Å². The number of carbonyl (C=O) groups is 1. The number of rotatable bonds is 0. The van der Waals surface area contributed by atoms with Gasteiger partial charge in [-0.1, -0.05) is 11.6 Å². The highest BCUT2D eigenvalue weighted by Crippen LogP contribution is 2.30. The minimum atomic E-state index is -0.273. The zero-order valence-corrected chi connectivity index (χ0v) is 6.84. The summed E-state index contributed by atoms with van der Waals surface area (Å²) in [4.78, 5) is 10.8. The van der Waals surface area contributed by atoms with Crippen molar-refractivity contribution in [3.05, 3.63) is 23.2 Å². The molecule has 0 saturated heterocycles. The SMILES string of the molecule is O=C1COc2ccc(Cl)cc2[N]1. The zero-order chi connectivity index (χ0) is 8.55. The van der Waals surface area contributed by atoms with E-state index in [1.165, 1.54) is 0 Å². The molecule has 1 aliphatic rings. The Morgan fingerprint density at radius 3 is 3.17 bits per heavy atom. The summed E-state index contributed by atoms with van der Waals surface area (Å²) in [6.45, 7) is 0.0225. The van der Waals surface area contributed by atoms with E-state index in [9.17, 15) is 4.79 Å². The average molecular weight is 183 g/mol. The van der Waals surface area contributed by atoms with Crippen molar-refractivity contribution in [2.24, 2.45) is 0 Å². The van der Waals surface area contributed by atoms with Crippen molar-refractivity contribution in [3.8, 4) is 5.75 Å². The fourth-order valence-electron chi connectivity index (χ4n) is 1.01. The summed E-state index contributed by atoms with van der Waals surface area (Å²) in [7, 11) is 0. The summed E-state index contributed by atoms with van der Waals surface area (Å²) in [6.07, 6.45) is 0. The molecule has 1 heterocycles. The maximum Gasteiger partial charge on any atom is 0.284 e. The molecule has 0 saturated carbocycles. The highest BCUT2D eigenvalue weighted by Gasteiger charge is 2.17. The van der Waals surface area contributed by atoms with Crippen LogP contribution < -0.4 is 10.1 Å². The summed E-state index contributed by atoms with van der Waals surface area (Å²) < 4.78 is 5.09. The van der Waals surface area contributed by atoms with E-state index < -0.39 is 0 Å². The summed E-state index contributed by atoms with van der Waals surface area (Å²) in [6, 6.07) is 5.01. The van der Waals surface area contributed by atoms with Crippen molar-refractivity contribution in [1.82, 2.24) is 5.32 Å². The van der Waals surface area contributed by atoms with Crippen LogP contribution >= 0.6 is 11.6 Å². The first-order chi connectivity index (χ1) is 5.75. The van der Waals surface area contributed by atoms with Gasteiger partial charge in [0, 0.05) is 5.02 Å². The monoisotopic (exact) mass is 182 g/mol. The van der Waals surface area contributed by atoms with Gasteiger partial charge >= 0.3 is 0 Å². The summed E-state index contributed by atoms with van der Waals surface area (Å²) in [5.74, 6) is 0.337. The number of halogens is 1. The third-order valence-electron chi connectivity index (χ3n) is 1.52. The van der Waals surface area contributed by atoms with Crippen molar-refractivity contribution in [3.63, 3.8) is 0 Å². The van der Waals surface area contributed by atoms with Gasteiger partial charge in [-0.3, -0.25) is 4.79 Å². The minimum Gasteiger partial charge on any atom is -0.481 e. The molecule has 2 rings (SSSR count). The lowest BCUT2D eigenvalue weighted by Gasteiger charge is -2.15. The predicted molar refractivity (Wildman–Crippen MR) is 43.7 cm³/mol. The van der Waals surface area contributed by atoms with E-state index in [2.05, 4.69) is 5.32 Å². The highest BCUT2D eigenvalue weighted by molar-refractivity contribution is 6.30. The van der Waals surface area contributed by atoms with E-state index in [4.69, 9.17) is 16.3 Å². The van der Waals surface area contributed by atoms with Gasteiger partial charge in [0.05, 0.1) is 0 Å². The van der Waals surface area contributed by atoms with Crippen LogP contribution in [-0.2, 0) is 4.79 Å². The van der Waals surface area contributed by atoms with E-state index >= 15 is 0 Å². The van der Waals surface area contributed by atoms with Crippen LogP contribution in [-0.4, -0.2) is 12.5 Å². The molecule has 1 aromatic carbocycles.